The highest BCUT2D eigenvalue weighted by atomic mass is 14.9. The fourth-order valence-corrected chi connectivity index (χ4v) is 1.91. The Morgan fingerprint density at radius 3 is 2.53 bits per heavy atom. The van der Waals surface area contributed by atoms with E-state index in [4.69, 9.17) is 0 Å². The molecule has 0 bridgehead atoms. The maximum absolute atomic E-state index is 4.01. The second-order valence-electron chi connectivity index (χ2n) is 4.20. The van der Waals surface area contributed by atoms with Gasteiger partial charge in [0.15, 0.2) is 0 Å². The van der Waals surface area contributed by atoms with Crippen LogP contribution in [0.25, 0.3) is 0 Å². The van der Waals surface area contributed by atoms with Gasteiger partial charge in [-0.15, -0.1) is 0 Å². The van der Waals surface area contributed by atoms with E-state index >= 15 is 0 Å². The van der Waals surface area contributed by atoms with Gasteiger partial charge in [0, 0.05) is 24.6 Å². The lowest BCUT2D eigenvalue weighted by molar-refractivity contribution is 1.09. The molecular weight excluding hydrogens is 208 g/mol. The van der Waals surface area contributed by atoms with Crippen molar-refractivity contribution in [3.63, 3.8) is 0 Å². The molecule has 0 radical (unpaired) electrons. The van der Waals surface area contributed by atoms with Crippen molar-refractivity contribution in [2.45, 2.75) is 26.8 Å². The number of nitrogens with one attached hydrogen (secondary N) is 1. The Balaban J connectivity index is 2.02. The normalized spacial score (nSPS) is 10.2. The van der Waals surface area contributed by atoms with Crippen LogP contribution < -0.4 is 5.32 Å². The summed E-state index contributed by atoms with van der Waals surface area (Å²) in [5.41, 5.74) is 5.19. The van der Waals surface area contributed by atoms with Gasteiger partial charge in [0.2, 0.25) is 0 Å². The van der Waals surface area contributed by atoms with Crippen LogP contribution in [0.1, 0.15) is 23.6 Å². The monoisotopic (exact) mass is 226 g/mol. The van der Waals surface area contributed by atoms with Crippen LogP contribution >= 0.6 is 0 Å². The summed E-state index contributed by atoms with van der Waals surface area (Å²) < 4.78 is 0. The highest BCUT2D eigenvalue weighted by Gasteiger charge is 1.98. The van der Waals surface area contributed by atoms with Crippen LogP contribution in [0.4, 0.5) is 5.69 Å². The molecule has 17 heavy (non-hydrogen) atoms. The summed E-state index contributed by atoms with van der Waals surface area (Å²) in [7, 11) is 0. The second kappa shape index (κ2) is 5.48. The number of pyridine rings is 1. The van der Waals surface area contributed by atoms with Crippen LogP contribution in [0.5, 0.6) is 0 Å². The number of anilines is 1. The molecule has 0 spiro atoms. The van der Waals surface area contributed by atoms with Crippen molar-refractivity contribution < 1.29 is 0 Å². The quantitative estimate of drug-likeness (QED) is 0.862. The van der Waals surface area contributed by atoms with E-state index in [0.717, 1.165) is 13.0 Å². The first-order valence-corrected chi connectivity index (χ1v) is 6.02. The van der Waals surface area contributed by atoms with Gasteiger partial charge in [0.25, 0.3) is 0 Å². The van der Waals surface area contributed by atoms with Gasteiger partial charge in [-0.05, 0) is 54.3 Å². The molecule has 0 fully saturated rings. The molecule has 2 rings (SSSR count). The molecule has 1 aromatic heterocycles. The summed E-state index contributed by atoms with van der Waals surface area (Å²) in [4.78, 5) is 4.01. The minimum absolute atomic E-state index is 0.841. The summed E-state index contributed by atoms with van der Waals surface area (Å²) >= 11 is 0. The third-order valence-corrected chi connectivity index (χ3v) is 2.97. The molecule has 2 nitrogen and oxygen atoms in total. The van der Waals surface area contributed by atoms with Crippen molar-refractivity contribution >= 4 is 5.69 Å². The molecule has 1 aromatic carbocycles. The molecule has 0 unspecified atom stereocenters. The third-order valence-electron chi connectivity index (χ3n) is 2.97. The predicted octanol–water partition coefficient (Wildman–Crippen LogP) is 3.56. The maximum Gasteiger partial charge on any atom is 0.0401 e. The van der Waals surface area contributed by atoms with Crippen LogP contribution in [0.2, 0.25) is 0 Å². The van der Waals surface area contributed by atoms with Crippen LogP contribution in [0.15, 0.2) is 42.7 Å². The molecule has 88 valence electrons. The molecule has 0 aliphatic carbocycles. The maximum atomic E-state index is 4.01. The van der Waals surface area contributed by atoms with Crippen molar-refractivity contribution in [2.24, 2.45) is 0 Å². The Hall–Kier alpha value is -1.83. The van der Waals surface area contributed by atoms with E-state index < -0.39 is 0 Å². The Kier molecular flexibility index (Phi) is 3.76. The molecular formula is C15H18N2. The van der Waals surface area contributed by atoms with Crippen molar-refractivity contribution in [1.82, 2.24) is 4.98 Å². The third kappa shape index (κ3) is 3.06. The molecule has 2 aromatic rings. The van der Waals surface area contributed by atoms with E-state index in [-0.39, 0.29) is 0 Å². The largest absolute Gasteiger partial charge is 0.381 e. The summed E-state index contributed by atoms with van der Waals surface area (Å²) in [5, 5.41) is 3.43. The van der Waals surface area contributed by atoms with E-state index in [1.54, 1.807) is 0 Å². The van der Waals surface area contributed by atoms with Crippen molar-refractivity contribution in [3.05, 3.63) is 59.4 Å². The standard InChI is InChI=1S/C15H18N2/c1-3-14-4-5-15(10-12(14)2)17-11-13-6-8-16-9-7-13/h4-10,17H,3,11H2,1-2H3. The zero-order chi connectivity index (χ0) is 12.1. The van der Waals surface area contributed by atoms with Crippen LogP contribution in [0, 0.1) is 6.92 Å². The molecule has 0 saturated carbocycles. The zero-order valence-electron chi connectivity index (χ0n) is 10.4. The number of nitrogens with zero attached hydrogens (tertiary/aromatic N) is 1. The number of aromatic nitrogens is 1. The van der Waals surface area contributed by atoms with Crippen LogP contribution in [-0.2, 0) is 13.0 Å². The van der Waals surface area contributed by atoms with E-state index in [1.807, 2.05) is 24.5 Å². The fourth-order valence-electron chi connectivity index (χ4n) is 1.91. The second-order valence-corrected chi connectivity index (χ2v) is 4.20. The molecule has 1 heterocycles. The van der Waals surface area contributed by atoms with E-state index in [2.05, 4.69) is 42.3 Å². The minimum Gasteiger partial charge on any atom is -0.381 e. The van der Waals surface area contributed by atoms with Gasteiger partial charge in [-0.2, -0.15) is 0 Å². The van der Waals surface area contributed by atoms with Gasteiger partial charge in [-0.1, -0.05) is 13.0 Å². The SMILES string of the molecule is CCc1ccc(NCc2ccncc2)cc1C. The number of benzene rings is 1. The lowest BCUT2D eigenvalue weighted by atomic mass is 10.1. The molecule has 0 atom stereocenters. The van der Waals surface area contributed by atoms with E-state index in [9.17, 15) is 0 Å². The zero-order valence-corrected chi connectivity index (χ0v) is 10.4. The fraction of sp³-hybridized carbons (Fsp3) is 0.267. The number of aryl methyl sites for hydroxylation is 2. The summed E-state index contributed by atoms with van der Waals surface area (Å²) in [6, 6.07) is 10.6. The topological polar surface area (TPSA) is 24.9 Å². The van der Waals surface area contributed by atoms with Crippen LogP contribution in [0.3, 0.4) is 0 Å². The minimum atomic E-state index is 0.841. The van der Waals surface area contributed by atoms with Gasteiger partial charge >= 0.3 is 0 Å². The summed E-state index contributed by atoms with van der Waals surface area (Å²) in [6.07, 6.45) is 4.74. The average Bonchev–Trinajstić information content (AvgIpc) is 2.38. The molecule has 1 N–H and O–H groups in total. The molecule has 0 aliphatic heterocycles. The first-order valence-electron chi connectivity index (χ1n) is 6.02. The van der Waals surface area contributed by atoms with Gasteiger partial charge in [0.1, 0.15) is 0 Å². The molecule has 2 heteroatoms. The summed E-state index contributed by atoms with van der Waals surface area (Å²) in [6.45, 7) is 5.19. The van der Waals surface area contributed by atoms with E-state index in [0.29, 0.717) is 0 Å². The van der Waals surface area contributed by atoms with Gasteiger partial charge in [-0.25, -0.2) is 0 Å². The lowest BCUT2D eigenvalue weighted by Crippen LogP contribution is -2.00. The number of hydrogen-bond donors (Lipinski definition) is 1. The van der Waals surface area contributed by atoms with Gasteiger partial charge in [-0.3, -0.25) is 4.98 Å². The first-order chi connectivity index (χ1) is 8.29. The smallest absolute Gasteiger partial charge is 0.0401 e. The Labute approximate surface area is 103 Å². The number of hydrogen-bond acceptors (Lipinski definition) is 2. The van der Waals surface area contributed by atoms with Crippen LogP contribution in [-0.4, -0.2) is 4.98 Å². The highest BCUT2D eigenvalue weighted by Crippen LogP contribution is 2.16. The van der Waals surface area contributed by atoms with Crippen molar-refractivity contribution in [2.75, 3.05) is 5.32 Å². The van der Waals surface area contributed by atoms with Gasteiger partial charge < -0.3 is 5.32 Å². The van der Waals surface area contributed by atoms with Gasteiger partial charge in [0.05, 0.1) is 0 Å². The highest BCUT2D eigenvalue weighted by molar-refractivity contribution is 5.48. The van der Waals surface area contributed by atoms with Crippen molar-refractivity contribution in [1.29, 1.82) is 0 Å². The van der Waals surface area contributed by atoms with E-state index in [1.165, 1.54) is 22.4 Å². The Morgan fingerprint density at radius 2 is 1.88 bits per heavy atom. The Morgan fingerprint density at radius 1 is 1.12 bits per heavy atom. The molecule has 0 saturated heterocycles. The molecule has 0 amide bonds. The lowest BCUT2D eigenvalue weighted by Gasteiger charge is -2.09. The summed E-state index contributed by atoms with van der Waals surface area (Å²) in [5.74, 6) is 0. The predicted molar refractivity (Wildman–Crippen MR) is 72.1 cm³/mol. The average molecular weight is 226 g/mol. The van der Waals surface area contributed by atoms with Crippen molar-refractivity contribution in [3.8, 4) is 0 Å². The Bertz CT molecular complexity index is 478. The number of rotatable bonds is 4. The molecule has 0 aliphatic rings. The first kappa shape index (κ1) is 11.6.